The van der Waals surface area contributed by atoms with E-state index in [-0.39, 0.29) is 6.71 Å². The smallest absolute Gasteiger partial charge is 0.252 e. The first-order valence-corrected chi connectivity index (χ1v) is 22.4. The molecule has 65 heavy (non-hydrogen) atoms. The maximum atomic E-state index is 2.55. The fourth-order valence-electron chi connectivity index (χ4n) is 10.6. The topological polar surface area (TPSA) is 14.7 Å². The van der Waals surface area contributed by atoms with Gasteiger partial charge in [0.2, 0.25) is 0 Å². The van der Waals surface area contributed by atoms with E-state index >= 15 is 0 Å². The Hall–Kier alpha value is -8.54. The van der Waals surface area contributed by atoms with E-state index in [0.717, 1.165) is 39.6 Å². The zero-order valence-electron chi connectivity index (χ0n) is 35.5. The van der Waals surface area contributed by atoms with Crippen molar-refractivity contribution in [3.8, 4) is 16.8 Å². The molecule has 0 N–H and O–H groups in total. The molecule has 0 unspecified atom stereocenters. The molecule has 304 valence electrons. The minimum atomic E-state index is -0.0265. The van der Waals surface area contributed by atoms with Crippen LogP contribution in [0.3, 0.4) is 0 Å². The van der Waals surface area contributed by atoms with Gasteiger partial charge in [0.15, 0.2) is 0 Å². The average molecular weight is 829 g/mol. The van der Waals surface area contributed by atoms with Crippen molar-refractivity contribution in [1.29, 1.82) is 0 Å². The number of benzene rings is 10. The molecular weight excluding hydrogens is 787 g/mol. The first kappa shape index (κ1) is 37.1. The van der Waals surface area contributed by atoms with Crippen LogP contribution in [0, 0.1) is 0 Å². The number of nitrogens with zero attached hydrogens (tertiary/aromatic N) is 4. The number of aromatic nitrogens is 1. The molecule has 0 amide bonds. The molecular formula is C60H41BN4. The molecule has 10 aromatic carbocycles. The number of anilines is 9. The number of hydrogen-bond acceptors (Lipinski definition) is 3. The molecule has 13 rings (SSSR count). The van der Waals surface area contributed by atoms with Gasteiger partial charge in [0.05, 0.1) is 16.7 Å². The van der Waals surface area contributed by atoms with Crippen LogP contribution in [0.1, 0.15) is 0 Å². The van der Waals surface area contributed by atoms with Crippen LogP contribution in [0.5, 0.6) is 0 Å². The minimum Gasteiger partial charge on any atom is -0.311 e. The van der Waals surface area contributed by atoms with Gasteiger partial charge in [-0.1, -0.05) is 152 Å². The second-order valence-electron chi connectivity index (χ2n) is 16.9. The summed E-state index contributed by atoms with van der Waals surface area (Å²) in [6.45, 7) is -0.0265. The van der Waals surface area contributed by atoms with E-state index < -0.39 is 0 Å². The van der Waals surface area contributed by atoms with Crippen molar-refractivity contribution >= 4 is 96.1 Å². The number of hydrogen-bond donors (Lipinski definition) is 0. The van der Waals surface area contributed by atoms with Crippen molar-refractivity contribution in [3.05, 3.63) is 249 Å². The van der Waals surface area contributed by atoms with Crippen molar-refractivity contribution in [2.75, 3.05) is 14.7 Å². The predicted octanol–water partition coefficient (Wildman–Crippen LogP) is 14.0. The van der Waals surface area contributed by atoms with Crippen molar-refractivity contribution in [3.63, 3.8) is 0 Å². The SMILES string of the molecule is c1ccc(-c2ccccc2N2c3cc4c5ccc(N(c6ccccc6)c6ccccc6)cc5n(-c5ccccc5)c4cc3B3c4ccccc4N(c4ccccc4)c4cccc2c43)cc1. The number of rotatable bonds is 7. The second-order valence-corrected chi connectivity index (χ2v) is 16.9. The first-order chi connectivity index (χ1) is 32.3. The van der Waals surface area contributed by atoms with E-state index in [2.05, 4.69) is 268 Å². The highest BCUT2D eigenvalue weighted by Gasteiger charge is 2.44. The molecule has 0 bridgehead atoms. The fraction of sp³-hybridized carbons (Fsp3) is 0. The predicted molar refractivity (Wildman–Crippen MR) is 275 cm³/mol. The maximum Gasteiger partial charge on any atom is 0.252 e. The third kappa shape index (κ3) is 5.86. The summed E-state index contributed by atoms with van der Waals surface area (Å²) in [5.74, 6) is 0. The molecule has 0 spiro atoms. The third-order valence-electron chi connectivity index (χ3n) is 13.3. The van der Waals surface area contributed by atoms with Gasteiger partial charge in [-0.3, -0.25) is 0 Å². The molecule has 4 nitrogen and oxygen atoms in total. The Morgan fingerprint density at radius 2 is 0.862 bits per heavy atom. The monoisotopic (exact) mass is 828 g/mol. The Kier molecular flexibility index (Phi) is 8.60. The molecule has 0 fully saturated rings. The van der Waals surface area contributed by atoms with E-state index in [9.17, 15) is 0 Å². The van der Waals surface area contributed by atoms with E-state index in [1.807, 2.05) is 0 Å². The summed E-state index contributed by atoms with van der Waals surface area (Å²) in [6.07, 6.45) is 0. The number of para-hydroxylation sites is 6. The quantitative estimate of drug-likeness (QED) is 0.149. The summed E-state index contributed by atoms with van der Waals surface area (Å²) in [5, 5.41) is 2.41. The molecule has 0 radical (unpaired) electrons. The Labute approximate surface area is 379 Å². The Morgan fingerprint density at radius 3 is 1.55 bits per heavy atom. The van der Waals surface area contributed by atoms with Gasteiger partial charge in [-0.15, -0.1) is 0 Å². The fourth-order valence-corrected chi connectivity index (χ4v) is 10.6. The molecule has 2 aliphatic rings. The zero-order valence-corrected chi connectivity index (χ0v) is 35.5. The van der Waals surface area contributed by atoms with Gasteiger partial charge in [-0.2, -0.15) is 0 Å². The van der Waals surface area contributed by atoms with Crippen LogP contribution in [0.2, 0.25) is 0 Å². The summed E-state index contributed by atoms with van der Waals surface area (Å²) in [4.78, 5) is 7.37. The molecule has 5 heteroatoms. The van der Waals surface area contributed by atoms with Crippen molar-refractivity contribution in [2.24, 2.45) is 0 Å². The molecule has 0 saturated heterocycles. The van der Waals surface area contributed by atoms with Gasteiger partial charge in [0.1, 0.15) is 0 Å². The van der Waals surface area contributed by atoms with Gasteiger partial charge in [-0.05, 0) is 119 Å². The molecule has 11 aromatic rings. The molecule has 0 aliphatic carbocycles. The van der Waals surface area contributed by atoms with E-state index in [1.165, 1.54) is 66.6 Å². The lowest BCUT2D eigenvalue weighted by Gasteiger charge is -2.44. The summed E-state index contributed by atoms with van der Waals surface area (Å²) >= 11 is 0. The molecule has 1 aromatic heterocycles. The number of fused-ring (bicyclic) bond motifs is 7. The first-order valence-electron chi connectivity index (χ1n) is 22.4. The molecule has 0 atom stereocenters. The van der Waals surface area contributed by atoms with Crippen LogP contribution in [-0.2, 0) is 0 Å². The van der Waals surface area contributed by atoms with Crippen LogP contribution < -0.4 is 31.1 Å². The van der Waals surface area contributed by atoms with Crippen LogP contribution in [0.4, 0.5) is 51.2 Å². The van der Waals surface area contributed by atoms with Gasteiger partial charge in [0.25, 0.3) is 6.71 Å². The Morgan fingerprint density at radius 1 is 0.323 bits per heavy atom. The molecule has 2 aliphatic heterocycles. The highest BCUT2D eigenvalue weighted by atomic mass is 15.2. The van der Waals surface area contributed by atoms with Crippen molar-refractivity contribution in [2.45, 2.75) is 0 Å². The van der Waals surface area contributed by atoms with Gasteiger partial charge < -0.3 is 19.3 Å². The lowest BCUT2D eigenvalue weighted by atomic mass is 9.33. The van der Waals surface area contributed by atoms with Crippen LogP contribution in [0.25, 0.3) is 38.6 Å². The van der Waals surface area contributed by atoms with Crippen LogP contribution in [-0.4, -0.2) is 11.3 Å². The standard InChI is InChI=1S/C60H41BN4/c1-6-21-42(22-7-1)48-31-16-18-33-53(48)65-56-36-20-35-55-60(56)61(51-32-17-19-34-54(51)63(55)45-27-12-4-13-28-45)52-41-58-50(40-59(52)65)49-38-37-47(39-57(49)64(58)46-29-14-5-15-30-46)62(43-23-8-2-9-24-43)44-25-10-3-11-26-44/h1-41H. The zero-order chi connectivity index (χ0) is 42.8. The van der Waals surface area contributed by atoms with Crippen LogP contribution >= 0.6 is 0 Å². The summed E-state index contributed by atoms with van der Waals surface area (Å²) in [7, 11) is 0. The average Bonchev–Trinajstić information content (AvgIpc) is 3.69. The second kappa shape index (κ2) is 15.1. The van der Waals surface area contributed by atoms with Crippen LogP contribution in [0.15, 0.2) is 249 Å². The molecule has 0 saturated carbocycles. The summed E-state index contributed by atoms with van der Waals surface area (Å²) in [6, 6.07) is 90.7. The summed E-state index contributed by atoms with van der Waals surface area (Å²) < 4.78 is 2.48. The van der Waals surface area contributed by atoms with E-state index in [0.29, 0.717) is 0 Å². The van der Waals surface area contributed by atoms with Gasteiger partial charge in [-0.25, -0.2) is 0 Å². The summed E-state index contributed by atoms with van der Waals surface area (Å²) in [5.41, 5.74) is 20.1. The highest BCUT2D eigenvalue weighted by molar-refractivity contribution is 7.00. The van der Waals surface area contributed by atoms with Crippen molar-refractivity contribution < 1.29 is 0 Å². The van der Waals surface area contributed by atoms with E-state index in [4.69, 9.17) is 0 Å². The lowest BCUT2D eigenvalue weighted by Crippen LogP contribution is -2.61. The lowest BCUT2D eigenvalue weighted by molar-refractivity contribution is 1.18. The third-order valence-corrected chi connectivity index (χ3v) is 13.3. The van der Waals surface area contributed by atoms with Gasteiger partial charge >= 0.3 is 0 Å². The van der Waals surface area contributed by atoms with Crippen molar-refractivity contribution in [1.82, 2.24) is 4.57 Å². The normalized spacial score (nSPS) is 12.5. The minimum absolute atomic E-state index is 0.0265. The van der Waals surface area contributed by atoms with E-state index in [1.54, 1.807) is 0 Å². The molecule has 3 heterocycles. The maximum absolute atomic E-state index is 2.55. The highest BCUT2D eigenvalue weighted by Crippen LogP contribution is 2.48. The Bertz CT molecular complexity index is 3520. The Balaban J connectivity index is 1.13. The largest absolute Gasteiger partial charge is 0.311 e. The van der Waals surface area contributed by atoms with Gasteiger partial charge in [0, 0.05) is 67.5 Å².